The number of carbonyl (C=O) groups excluding carboxylic acids is 3. The van der Waals surface area contributed by atoms with Crippen LogP contribution in [-0.4, -0.2) is 52.2 Å². The summed E-state index contributed by atoms with van der Waals surface area (Å²) in [5.41, 5.74) is 2.28. The molecule has 2 aromatic rings. The minimum atomic E-state index is -0.354. The molecule has 0 atom stereocenters. The highest BCUT2D eigenvalue weighted by Gasteiger charge is 2.22. The first-order valence-electron chi connectivity index (χ1n) is 19.1. The van der Waals surface area contributed by atoms with E-state index in [-0.39, 0.29) is 17.8 Å². The largest absolute Gasteiger partial charge is 0.497 e. The lowest BCUT2D eigenvalue weighted by molar-refractivity contribution is -0.137. The van der Waals surface area contributed by atoms with Crippen LogP contribution >= 0.6 is 0 Å². The second-order valence-corrected chi connectivity index (χ2v) is 12.9. The number of unbranched alkanes of at least 4 members (excludes halogenated alkanes) is 3. The van der Waals surface area contributed by atoms with Gasteiger partial charge in [0.25, 0.3) is 0 Å². The maximum atomic E-state index is 10.8. The van der Waals surface area contributed by atoms with Crippen LogP contribution < -0.4 is 14.2 Å². The number of benzene rings is 2. The summed E-state index contributed by atoms with van der Waals surface area (Å²) in [5, 5.41) is 7.48. The van der Waals surface area contributed by atoms with Gasteiger partial charge in [0, 0.05) is 29.7 Å². The predicted molar refractivity (Wildman–Crippen MR) is 208 cm³/mol. The number of ether oxygens (including phenoxy) is 4. The third-order valence-corrected chi connectivity index (χ3v) is 9.40. The molecule has 1 N–H and O–H groups in total. The van der Waals surface area contributed by atoms with Gasteiger partial charge in [-0.3, -0.25) is 0 Å². The van der Waals surface area contributed by atoms with Crippen molar-refractivity contribution in [2.45, 2.75) is 117 Å². The minimum Gasteiger partial charge on any atom is -0.497 e. The molecular weight excluding hydrogens is 642 g/mol. The van der Waals surface area contributed by atoms with Gasteiger partial charge in [0.05, 0.1) is 27.4 Å². The van der Waals surface area contributed by atoms with Crippen LogP contribution in [0.2, 0.25) is 0 Å². The monoisotopic (exact) mass is 707 g/mol. The molecule has 8 heteroatoms. The van der Waals surface area contributed by atoms with E-state index in [0.717, 1.165) is 92.7 Å². The minimum absolute atomic E-state index is 0.233. The van der Waals surface area contributed by atoms with Crippen LogP contribution in [-0.2, 0) is 19.1 Å². The number of carbonyl (C=O) groups is 3. The zero-order chi connectivity index (χ0) is 37.7. The Balaban J connectivity index is 0.000000391. The quantitative estimate of drug-likeness (QED) is 0.0572. The van der Waals surface area contributed by atoms with Crippen LogP contribution in [0.1, 0.15) is 128 Å². The van der Waals surface area contributed by atoms with E-state index in [2.05, 4.69) is 25.6 Å². The van der Waals surface area contributed by atoms with Gasteiger partial charge < -0.3 is 33.9 Å². The van der Waals surface area contributed by atoms with Crippen molar-refractivity contribution in [3.05, 3.63) is 66.2 Å². The second kappa shape index (κ2) is 28.7. The van der Waals surface area contributed by atoms with Crippen molar-refractivity contribution in [2.24, 2.45) is 17.8 Å². The Morgan fingerprint density at radius 1 is 0.784 bits per heavy atom. The van der Waals surface area contributed by atoms with E-state index in [1.54, 1.807) is 14.2 Å². The number of hydrogen-bond acceptors (Lipinski definition) is 8. The molecule has 51 heavy (non-hydrogen) atoms. The molecule has 0 spiro atoms. The van der Waals surface area contributed by atoms with Crippen molar-refractivity contribution in [3.8, 4) is 17.2 Å². The Hall–Kier alpha value is -3.94. The third-order valence-electron chi connectivity index (χ3n) is 9.40. The average Bonchev–Trinajstić information content (AvgIpc) is 3.20. The highest BCUT2D eigenvalue weighted by molar-refractivity contribution is 5.81. The number of methoxy groups -OCH3 is 2. The molecule has 0 aliphatic heterocycles. The van der Waals surface area contributed by atoms with Crippen LogP contribution in [0, 0.1) is 23.2 Å². The van der Waals surface area contributed by atoms with Crippen LogP contribution in [0.25, 0.3) is 0 Å². The van der Waals surface area contributed by atoms with E-state index in [1.807, 2.05) is 44.2 Å². The van der Waals surface area contributed by atoms with Gasteiger partial charge in [-0.1, -0.05) is 46.3 Å². The maximum Gasteiger partial charge on any atom is 0.330 e. The van der Waals surface area contributed by atoms with E-state index >= 15 is 0 Å². The van der Waals surface area contributed by atoms with Gasteiger partial charge in [-0.2, -0.15) is 0 Å². The molecule has 0 heterocycles. The van der Waals surface area contributed by atoms with Gasteiger partial charge >= 0.3 is 5.97 Å². The standard InChI is InChI=1S/C17H25NO.C16H22O4.C8H12O2.C2H6/c1-3-4-13-5-7-14(8-6-13)15-9-10-17(19-2)16(11-15)12-18;1-3-16(17)20-13-7-5-4-6-12-19-15-10-8-14(18-2)9-11-15;9-5-7-1-2-8(6-10)4-3-7;1-2/h9-14,18H,3-8H2,1-2H3;3,8-11H,1,4-7,12-13H2,2H3;5-8H,1-4H2;1-2H3. The Morgan fingerprint density at radius 3 is 1.84 bits per heavy atom. The summed E-state index contributed by atoms with van der Waals surface area (Å²) in [6.07, 6.45) is 20.2. The van der Waals surface area contributed by atoms with Crippen LogP contribution in [0.4, 0.5) is 0 Å². The van der Waals surface area contributed by atoms with Gasteiger partial charge in [-0.05, 0) is 131 Å². The van der Waals surface area contributed by atoms with Crippen molar-refractivity contribution >= 4 is 24.8 Å². The topological polar surface area (TPSA) is 112 Å². The summed E-state index contributed by atoms with van der Waals surface area (Å²) >= 11 is 0. The Bertz CT molecular complexity index is 1210. The van der Waals surface area contributed by atoms with Gasteiger partial charge in [-0.25, -0.2) is 4.79 Å². The van der Waals surface area contributed by atoms with Crippen LogP contribution in [0.3, 0.4) is 0 Å². The molecule has 284 valence electrons. The fourth-order valence-electron chi connectivity index (χ4n) is 6.38. The van der Waals surface area contributed by atoms with Crippen molar-refractivity contribution in [3.63, 3.8) is 0 Å². The first-order valence-corrected chi connectivity index (χ1v) is 19.1. The van der Waals surface area contributed by atoms with Gasteiger partial charge in [0.2, 0.25) is 0 Å². The maximum absolute atomic E-state index is 10.8. The summed E-state index contributed by atoms with van der Waals surface area (Å²) in [6.45, 7) is 10.8. The number of esters is 1. The lowest BCUT2D eigenvalue weighted by Crippen LogP contribution is -2.15. The molecule has 4 rings (SSSR count). The third kappa shape index (κ3) is 18.7. The predicted octanol–water partition coefficient (Wildman–Crippen LogP) is 10.3. The highest BCUT2D eigenvalue weighted by Crippen LogP contribution is 2.38. The molecule has 2 aromatic carbocycles. The SMILES string of the molecule is C=CC(=O)OCCCCCCOc1ccc(OC)cc1.CC.CCCC1CCC(c2ccc(OC)c(C=N)c2)CC1.O=CC1CCC(C=O)CC1. The van der Waals surface area contributed by atoms with E-state index in [1.165, 1.54) is 56.4 Å². The normalized spacial score (nSPS) is 19.1. The Morgan fingerprint density at radius 2 is 1.35 bits per heavy atom. The smallest absolute Gasteiger partial charge is 0.330 e. The fraction of sp³-hybridized carbons (Fsp3) is 0.581. The van der Waals surface area contributed by atoms with Gasteiger partial charge in [-0.15, -0.1) is 0 Å². The first-order chi connectivity index (χ1) is 24.9. The molecule has 0 amide bonds. The van der Waals surface area contributed by atoms with Gasteiger partial charge in [0.15, 0.2) is 0 Å². The second-order valence-electron chi connectivity index (χ2n) is 12.9. The molecule has 2 aliphatic rings. The molecule has 0 radical (unpaired) electrons. The molecule has 2 saturated carbocycles. The van der Waals surface area contributed by atoms with Crippen molar-refractivity contribution in [2.75, 3.05) is 27.4 Å². The summed E-state index contributed by atoms with van der Waals surface area (Å²) < 4.78 is 20.9. The molecule has 0 bridgehead atoms. The molecule has 0 saturated heterocycles. The first kappa shape index (κ1) is 45.1. The van der Waals surface area contributed by atoms with Crippen molar-refractivity contribution in [1.82, 2.24) is 0 Å². The Kier molecular flexibility index (Phi) is 25.4. The lowest BCUT2D eigenvalue weighted by Gasteiger charge is -2.29. The number of rotatable bonds is 17. The Labute approximate surface area is 308 Å². The van der Waals surface area contributed by atoms with E-state index in [0.29, 0.717) is 19.1 Å². The fourth-order valence-corrected chi connectivity index (χ4v) is 6.38. The number of hydrogen-bond donors (Lipinski definition) is 1. The van der Waals surface area contributed by atoms with Crippen LogP contribution in [0.15, 0.2) is 55.1 Å². The van der Waals surface area contributed by atoms with Crippen molar-refractivity contribution < 1.29 is 33.3 Å². The van der Waals surface area contributed by atoms with E-state index < -0.39 is 0 Å². The van der Waals surface area contributed by atoms with Crippen molar-refractivity contribution in [1.29, 1.82) is 5.41 Å². The lowest BCUT2D eigenvalue weighted by atomic mass is 9.77. The van der Waals surface area contributed by atoms with E-state index in [9.17, 15) is 14.4 Å². The highest BCUT2D eigenvalue weighted by atomic mass is 16.5. The molecule has 8 nitrogen and oxygen atoms in total. The molecule has 0 unspecified atom stereocenters. The molecular formula is C43H65NO7. The number of nitrogens with one attached hydrogen (secondary N) is 1. The number of aldehydes is 2. The van der Waals surface area contributed by atoms with Gasteiger partial charge in [0.1, 0.15) is 29.8 Å². The zero-order valence-electron chi connectivity index (χ0n) is 32.0. The summed E-state index contributed by atoms with van der Waals surface area (Å²) in [5.74, 6) is 4.22. The van der Waals surface area contributed by atoms with E-state index in [4.69, 9.17) is 24.4 Å². The summed E-state index contributed by atoms with van der Waals surface area (Å²) in [7, 11) is 3.31. The molecule has 0 aromatic heterocycles. The average molecular weight is 708 g/mol. The summed E-state index contributed by atoms with van der Waals surface area (Å²) in [4.78, 5) is 31.3. The summed E-state index contributed by atoms with van der Waals surface area (Å²) in [6, 6.07) is 13.9. The molecule has 2 aliphatic carbocycles. The van der Waals surface area contributed by atoms with Crippen LogP contribution in [0.5, 0.6) is 17.2 Å². The zero-order valence-corrected chi connectivity index (χ0v) is 32.0. The molecule has 2 fully saturated rings.